The summed E-state index contributed by atoms with van der Waals surface area (Å²) in [5.74, 6) is -2.09. The Balaban J connectivity index is 3.37. The number of nitrogens with one attached hydrogen (secondary N) is 3. The first-order chi connectivity index (χ1) is 16.9. The number of carbonyl (C=O) groups is 4. The number of hydrogen-bond acceptors (Lipinski definition) is 8. The van der Waals surface area contributed by atoms with Crippen LogP contribution in [-0.4, -0.2) is 101 Å². The van der Waals surface area contributed by atoms with E-state index in [-0.39, 0.29) is 57.0 Å². The molecule has 0 spiro atoms. The van der Waals surface area contributed by atoms with E-state index in [2.05, 4.69) is 22.9 Å². The zero-order valence-corrected chi connectivity index (χ0v) is 21.1. The molecule has 0 unspecified atom stereocenters. The van der Waals surface area contributed by atoms with Crippen molar-refractivity contribution in [3.05, 3.63) is 0 Å². The second kappa shape index (κ2) is 23.5. The second-order valence-corrected chi connectivity index (χ2v) is 7.86. The summed E-state index contributed by atoms with van der Waals surface area (Å²) in [5.41, 5.74) is 0. The molecule has 0 aromatic rings. The number of carboxylic acids is 1. The first-order valence-corrected chi connectivity index (χ1v) is 12.2. The van der Waals surface area contributed by atoms with Gasteiger partial charge < -0.3 is 40.0 Å². The van der Waals surface area contributed by atoms with Crippen molar-refractivity contribution in [1.82, 2.24) is 16.0 Å². The molecule has 0 aromatic carbocycles. The SMILES string of the molecule is CCCCCNC(=O)COCCOCCNC(=O)COCCOCCNC(=O)CC[C@H](C)C(=O)O. The smallest absolute Gasteiger partial charge is 0.306 e. The number of unbranched alkanes of at least 4 members (excludes halogenated alkanes) is 2. The van der Waals surface area contributed by atoms with Gasteiger partial charge in [0.05, 0.1) is 45.6 Å². The highest BCUT2D eigenvalue weighted by molar-refractivity contribution is 5.77. The number of hydrogen-bond donors (Lipinski definition) is 4. The van der Waals surface area contributed by atoms with Crippen molar-refractivity contribution in [2.24, 2.45) is 5.92 Å². The second-order valence-electron chi connectivity index (χ2n) is 7.86. The van der Waals surface area contributed by atoms with Gasteiger partial charge in [0.1, 0.15) is 13.2 Å². The molecule has 1 atom stereocenters. The Morgan fingerprint density at radius 2 is 1.17 bits per heavy atom. The molecule has 0 radical (unpaired) electrons. The number of carbonyl (C=O) groups excluding carboxylic acids is 3. The predicted octanol–water partition coefficient (Wildman–Crippen LogP) is 0.0925. The molecule has 0 saturated heterocycles. The number of ether oxygens (including phenoxy) is 4. The number of amides is 3. The average Bonchev–Trinajstić information content (AvgIpc) is 2.83. The third kappa shape index (κ3) is 23.2. The normalized spacial score (nSPS) is 11.6. The number of carboxylic acid groups (broad SMARTS) is 1. The fourth-order valence-corrected chi connectivity index (χ4v) is 2.56. The maximum Gasteiger partial charge on any atom is 0.306 e. The van der Waals surface area contributed by atoms with Crippen molar-refractivity contribution in [2.45, 2.75) is 46.0 Å². The van der Waals surface area contributed by atoms with E-state index in [0.717, 1.165) is 19.3 Å². The first-order valence-electron chi connectivity index (χ1n) is 12.2. The Hall–Kier alpha value is -2.28. The van der Waals surface area contributed by atoms with Gasteiger partial charge in [-0.2, -0.15) is 0 Å². The molecule has 12 nitrogen and oxygen atoms in total. The van der Waals surface area contributed by atoms with Crippen LogP contribution < -0.4 is 16.0 Å². The first kappa shape index (κ1) is 32.7. The van der Waals surface area contributed by atoms with Crippen LogP contribution in [0.3, 0.4) is 0 Å². The maximum atomic E-state index is 11.7. The highest BCUT2D eigenvalue weighted by Gasteiger charge is 2.12. The minimum atomic E-state index is -0.916. The molecular weight excluding hydrogens is 462 g/mol. The molecular formula is C23H43N3O9. The van der Waals surface area contributed by atoms with E-state index >= 15 is 0 Å². The van der Waals surface area contributed by atoms with Crippen LogP contribution in [0.5, 0.6) is 0 Å². The lowest BCUT2D eigenvalue weighted by Gasteiger charge is -2.09. The number of aliphatic carboxylic acids is 1. The van der Waals surface area contributed by atoms with Gasteiger partial charge in [-0.05, 0) is 12.8 Å². The summed E-state index contributed by atoms with van der Waals surface area (Å²) in [6.45, 7) is 6.65. The van der Waals surface area contributed by atoms with E-state index < -0.39 is 11.9 Å². The fraction of sp³-hybridized carbons (Fsp3) is 0.826. The molecule has 0 aliphatic carbocycles. The van der Waals surface area contributed by atoms with Crippen molar-refractivity contribution in [3.63, 3.8) is 0 Å². The third-order valence-corrected chi connectivity index (χ3v) is 4.68. The Bertz CT molecular complexity index is 591. The molecule has 12 heteroatoms. The highest BCUT2D eigenvalue weighted by Crippen LogP contribution is 2.04. The van der Waals surface area contributed by atoms with Crippen LogP contribution in [-0.2, 0) is 38.1 Å². The van der Waals surface area contributed by atoms with Crippen LogP contribution in [0.2, 0.25) is 0 Å². The topological polar surface area (TPSA) is 162 Å². The lowest BCUT2D eigenvalue weighted by Crippen LogP contribution is -2.31. The predicted molar refractivity (Wildman–Crippen MR) is 128 cm³/mol. The minimum absolute atomic E-state index is 0.00977. The van der Waals surface area contributed by atoms with Gasteiger partial charge in [-0.25, -0.2) is 0 Å². The Labute approximate surface area is 207 Å². The molecule has 0 rings (SSSR count). The molecule has 0 heterocycles. The summed E-state index contributed by atoms with van der Waals surface area (Å²) < 4.78 is 21.1. The quantitative estimate of drug-likeness (QED) is 0.133. The van der Waals surface area contributed by atoms with Crippen molar-refractivity contribution in [3.8, 4) is 0 Å². The van der Waals surface area contributed by atoms with E-state index in [1.807, 2.05) is 0 Å². The van der Waals surface area contributed by atoms with Crippen LogP contribution in [0.25, 0.3) is 0 Å². The molecule has 4 N–H and O–H groups in total. The highest BCUT2D eigenvalue weighted by atomic mass is 16.5. The molecule has 0 aliphatic rings. The van der Waals surface area contributed by atoms with Crippen LogP contribution >= 0.6 is 0 Å². The standard InChI is InChI=1S/C23H43N3O9/c1-3-4-5-8-24-21(28)17-34-15-14-33-12-10-26-22(29)18-35-16-13-32-11-9-25-20(27)7-6-19(2)23(30)31/h19H,3-18H2,1-2H3,(H,24,28)(H,25,27)(H,26,29)(H,30,31)/t19-/m0/s1. The number of rotatable bonds is 24. The van der Waals surface area contributed by atoms with Crippen molar-refractivity contribution >= 4 is 23.7 Å². The van der Waals surface area contributed by atoms with Gasteiger partial charge in [-0.1, -0.05) is 26.7 Å². The van der Waals surface area contributed by atoms with Crippen LogP contribution in [0.1, 0.15) is 46.0 Å². The third-order valence-electron chi connectivity index (χ3n) is 4.68. The van der Waals surface area contributed by atoms with E-state index in [4.69, 9.17) is 24.1 Å². The molecule has 3 amide bonds. The van der Waals surface area contributed by atoms with Crippen molar-refractivity contribution in [2.75, 3.05) is 72.5 Å². The Morgan fingerprint density at radius 3 is 1.69 bits per heavy atom. The summed E-state index contributed by atoms with van der Waals surface area (Å²) in [5, 5.41) is 16.9. The lowest BCUT2D eigenvalue weighted by molar-refractivity contribution is -0.141. The molecule has 0 fully saturated rings. The van der Waals surface area contributed by atoms with Gasteiger partial charge >= 0.3 is 5.97 Å². The summed E-state index contributed by atoms with van der Waals surface area (Å²) in [6, 6.07) is 0. The van der Waals surface area contributed by atoms with E-state index in [9.17, 15) is 19.2 Å². The molecule has 0 bridgehead atoms. The van der Waals surface area contributed by atoms with Gasteiger partial charge in [0.15, 0.2) is 0 Å². The molecule has 0 aromatic heterocycles. The van der Waals surface area contributed by atoms with Crippen LogP contribution in [0.4, 0.5) is 0 Å². The van der Waals surface area contributed by atoms with E-state index in [1.54, 1.807) is 6.92 Å². The Morgan fingerprint density at radius 1 is 0.686 bits per heavy atom. The summed E-state index contributed by atoms with van der Waals surface area (Å²) in [7, 11) is 0. The molecule has 0 aliphatic heterocycles. The average molecular weight is 506 g/mol. The van der Waals surface area contributed by atoms with Gasteiger partial charge in [0.25, 0.3) is 0 Å². The Kier molecular flexibility index (Phi) is 21.9. The van der Waals surface area contributed by atoms with Crippen LogP contribution in [0.15, 0.2) is 0 Å². The van der Waals surface area contributed by atoms with E-state index in [1.165, 1.54) is 0 Å². The molecule has 204 valence electrons. The molecule has 0 saturated carbocycles. The summed E-state index contributed by atoms with van der Waals surface area (Å²) in [6.07, 6.45) is 3.61. The minimum Gasteiger partial charge on any atom is -0.481 e. The summed E-state index contributed by atoms with van der Waals surface area (Å²) >= 11 is 0. The summed E-state index contributed by atoms with van der Waals surface area (Å²) in [4.78, 5) is 45.4. The zero-order valence-electron chi connectivity index (χ0n) is 21.1. The maximum absolute atomic E-state index is 11.7. The monoisotopic (exact) mass is 505 g/mol. The van der Waals surface area contributed by atoms with Gasteiger partial charge in [-0.3, -0.25) is 19.2 Å². The lowest BCUT2D eigenvalue weighted by atomic mass is 10.1. The fourth-order valence-electron chi connectivity index (χ4n) is 2.56. The van der Waals surface area contributed by atoms with Crippen molar-refractivity contribution in [1.29, 1.82) is 0 Å². The van der Waals surface area contributed by atoms with Crippen molar-refractivity contribution < 1.29 is 43.2 Å². The van der Waals surface area contributed by atoms with E-state index in [0.29, 0.717) is 46.1 Å². The zero-order chi connectivity index (χ0) is 26.2. The van der Waals surface area contributed by atoms with Gasteiger partial charge in [-0.15, -0.1) is 0 Å². The van der Waals surface area contributed by atoms with Gasteiger partial charge in [0.2, 0.25) is 17.7 Å². The largest absolute Gasteiger partial charge is 0.481 e. The van der Waals surface area contributed by atoms with Crippen LogP contribution in [0, 0.1) is 5.92 Å². The van der Waals surface area contributed by atoms with Gasteiger partial charge in [0, 0.05) is 26.1 Å². The molecule has 35 heavy (non-hydrogen) atoms.